The maximum atomic E-state index is 14.5. The number of ketones is 1. The summed E-state index contributed by atoms with van der Waals surface area (Å²) in [7, 11) is 1.23. The number of benzene rings is 1. The molecule has 2 saturated heterocycles. The molecule has 0 aromatic heterocycles. The number of nitrogens with one attached hydrogen (secondary N) is 3. The van der Waals surface area contributed by atoms with Gasteiger partial charge in [-0.05, 0) is 49.7 Å². The predicted molar refractivity (Wildman–Crippen MR) is 128 cm³/mol. The normalized spacial score (nSPS) is 22.0. The molecular formula is C25H28F4N4O7. The molecule has 2 heterocycles. The summed E-state index contributed by atoms with van der Waals surface area (Å²) in [6.45, 7) is -1.01. The van der Waals surface area contributed by atoms with Crippen LogP contribution < -0.4 is 20.7 Å². The Labute approximate surface area is 225 Å². The van der Waals surface area contributed by atoms with Crippen LogP contribution in [0.25, 0.3) is 0 Å². The molecule has 3 aliphatic rings. The summed E-state index contributed by atoms with van der Waals surface area (Å²) in [6.07, 6.45) is -3.52. The number of anilines is 1. The molecule has 1 aromatic carbocycles. The van der Waals surface area contributed by atoms with Crippen LogP contribution in [-0.4, -0.2) is 79.6 Å². The van der Waals surface area contributed by atoms with Gasteiger partial charge in [-0.25, -0.2) is 4.39 Å². The van der Waals surface area contributed by atoms with Crippen molar-refractivity contribution in [3.05, 3.63) is 24.0 Å². The minimum atomic E-state index is -5.09. The Balaban J connectivity index is 1.48. The Morgan fingerprint density at radius 3 is 2.55 bits per heavy atom. The van der Waals surface area contributed by atoms with Crippen LogP contribution in [0, 0.1) is 17.2 Å². The Morgan fingerprint density at radius 2 is 1.95 bits per heavy atom. The lowest BCUT2D eigenvalue weighted by molar-refractivity contribution is -0.321. The van der Waals surface area contributed by atoms with E-state index in [1.54, 1.807) is 0 Å². The second kappa shape index (κ2) is 11.4. The van der Waals surface area contributed by atoms with Crippen molar-refractivity contribution in [1.29, 1.82) is 0 Å². The van der Waals surface area contributed by atoms with Crippen LogP contribution >= 0.6 is 0 Å². The molecule has 0 bridgehead atoms. The van der Waals surface area contributed by atoms with Crippen molar-refractivity contribution in [3.63, 3.8) is 0 Å². The van der Waals surface area contributed by atoms with Crippen molar-refractivity contribution in [2.75, 3.05) is 32.1 Å². The number of ether oxygens (including phenoxy) is 2. The third-order valence-electron chi connectivity index (χ3n) is 7.42. The van der Waals surface area contributed by atoms with Crippen LogP contribution in [0.1, 0.15) is 32.1 Å². The molecule has 15 heteroatoms. The van der Waals surface area contributed by atoms with E-state index in [4.69, 9.17) is 4.74 Å². The van der Waals surface area contributed by atoms with E-state index in [0.717, 1.165) is 4.90 Å². The van der Waals surface area contributed by atoms with Crippen molar-refractivity contribution in [2.45, 2.75) is 50.6 Å². The second-order valence-corrected chi connectivity index (χ2v) is 10.2. The van der Waals surface area contributed by atoms with Crippen LogP contribution in [-0.2, 0) is 28.7 Å². The maximum Gasteiger partial charge on any atom is 0.522 e. The average molecular weight is 573 g/mol. The molecule has 4 amide bonds. The van der Waals surface area contributed by atoms with Crippen LogP contribution in [0.5, 0.6) is 5.75 Å². The van der Waals surface area contributed by atoms with Gasteiger partial charge >= 0.3 is 18.2 Å². The third-order valence-corrected chi connectivity index (χ3v) is 7.42. The first-order valence-corrected chi connectivity index (χ1v) is 12.6. The minimum absolute atomic E-state index is 0.0543. The third kappa shape index (κ3) is 6.69. The first-order valence-electron chi connectivity index (χ1n) is 12.6. The number of likely N-dealkylation sites (tertiary alicyclic amines) is 1. The molecule has 0 radical (unpaired) electrons. The molecule has 0 unspecified atom stereocenters. The molecule has 4 rings (SSSR count). The van der Waals surface area contributed by atoms with Crippen LogP contribution in [0.3, 0.4) is 0 Å². The van der Waals surface area contributed by atoms with Gasteiger partial charge in [-0.3, -0.25) is 28.7 Å². The number of carbonyl (C=O) groups is 5. The minimum Gasteiger partial charge on any atom is -0.494 e. The number of methoxy groups -OCH3 is 1. The first kappa shape index (κ1) is 29.2. The number of alkyl halides is 3. The van der Waals surface area contributed by atoms with E-state index in [0.29, 0.717) is 25.8 Å². The Hall–Kier alpha value is -3.75. The number of nitrogens with zero attached hydrogens (tertiary/aromatic N) is 1. The highest BCUT2D eigenvalue weighted by atomic mass is 19.4. The predicted octanol–water partition coefficient (Wildman–Crippen LogP) is 1.27. The topological polar surface area (TPSA) is 143 Å². The van der Waals surface area contributed by atoms with Gasteiger partial charge in [0.15, 0.2) is 17.3 Å². The summed E-state index contributed by atoms with van der Waals surface area (Å²) in [5, 5.41) is 7.12. The zero-order valence-electron chi connectivity index (χ0n) is 21.4. The van der Waals surface area contributed by atoms with E-state index in [1.807, 2.05) is 0 Å². The number of amides is 4. The molecule has 3 atom stereocenters. The molecule has 218 valence electrons. The van der Waals surface area contributed by atoms with E-state index in [2.05, 4.69) is 20.7 Å². The van der Waals surface area contributed by atoms with E-state index in [-0.39, 0.29) is 30.8 Å². The molecular weight excluding hydrogens is 544 g/mol. The Bertz CT molecular complexity index is 1200. The summed E-state index contributed by atoms with van der Waals surface area (Å²) in [5.41, 5.74) is -0.729. The highest BCUT2D eigenvalue weighted by Gasteiger charge is 2.56. The van der Waals surface area contributed by atoms with Gasteiger partial charge in [-0.1, -0.05) is 6.07 Å². The number of hydrogen-bond acceptors (Lipinski definition) is 7. The number of carbonyl (C=O) groups excluding carboxylic acids is 5. The lowest BCUT2D eigenvalue weighted by Gasteiger charge is -2.26. The van der Waals surface area contributed by atoms with Gasteiger partial charge in [0, 0.05) is 19.0 Å². The summed E-state index contributed by atoms with van der Waals surface area (Å²) in [5.74, 6) is -6.49. The number of rotatable bonds is 9. The largest absolute Gasteiger partial charge is 0.522 e. The van der Waals surface area contributed by atoms with E-state index in [9.17, 15) is 41.5 Å². The smallest absolute Gasteiger partial charge is 0.494 e. The fourth-order valence-electron chi connectivity index (χ4n) is 5.06. The highest BCUT2D eigenvalue weighted by molar-refractivity contribution is 6.40. The van der Waals surface area contributed by atoms with E-state index >= 15 is 0 Å². The second-order valence-electron chi connectivity index (χ2n) is 10.2. The van der Waals surface area contributed by atoms with Gasteiger partial charge in [0.1, 0.15) is 12.6 Å². The Morgan fingerprint density at radius 1 is 1.23 bits per heavy atom. The van der Waals surface area contributed by atoms with Gasteiger partial charge in [0.2, 0.25) is 11.8 Å². The van der Waals surface area contributed by atoms with Crippen molar-refractivity contribution in [3.8, 4) is 5.75 Å². The van der Waals surface area contributed by atoms with E-state index < -0.39 is 71.6 Å². The van der Waals surface area contributed by atoms with Crippen LogP contribution in [0.15, 0.2) is 18.2 Å². The molecule has 3 fully saturated rings. The van der Waals surface area contributed by atoms with Crippen molar-refractivity contribution in [2.24, 2.45) is 11.3 Å². The van der Waals surface area contributed by atoms with Gasteiger partial charge < -0.3 is 25.6 Å². The van der Waals surface area contributed by atoms with Crippen molar-refractivity contribution >= 4 is 35.1 Å². The highest BCUT2D eigenvalue weighted by Crippen LogP contribution is 2.54. The van der Waals surface area contributed by atoms with Gasteiger partial charge in [-0.15, -0.1) is 13.2 Å². The average Bonchev–Trinajstić information content (AvgIpc) is 3.36. The monoisotopic (exact) mass is 572 g/mol. The van der Waals surface area contributed by atoms with Crippen LogP contribution in [0.4, 0.5) is 23.2 Å². The van der Waals surface area contributed by atoms with Crippen molar-refractivity contribution in [1.82, 2.24) is 15.5 Å². The summed E-state index contributed by atoms with van der Waals surface area (Å²) in [6, 6.07) is 1.22. The SMILES string of the molecule is COc1cccc(NC(=O)C(=O)N2CC3(CC3)C[C@H]2C(=O)N[C@@H](C[C@@H]2CCNC2=O)C(=O)COC(F)(F)F)c1F. The molecule has 1 aliphatic carbocycles. The van der Waals surface area contributed by atoms with Gasteiger partial charge in [0.05, 0.1) is 18.8 Å². The van der Waals surface area contributed by atoms with E-state index in [1.165, 1.54) is 25.3 Å². The summed E-state index contributed by atoms with van der Waals surface area (Å²) in [4.78, 5) is 64.9. The molecule has 11 nitrogen and oxygen atoms in total. The van der Waals surface area contributed by atoms with Gasteiger partial charge in [0.25, 0.3) is 0 Å². The zero-order valence-corrected chi connectivity index (χ0v) is 21.4. The lowest BCUT2D eigenvalue weighted by atomic mass is 9.95. The fraction of sp³-hybridized carbons (Fsp3) is 0.560. The van der Waals surface area contributed by atoms with Crippen LogP contribution in [0.2, 0.25) is 0 Å². The van der Waals surface area contributed by atoms with Crippen molar-refractivity contribution < 1.29 is 51.0 Å². The number of halogens is 4. The standard InChI is InChI=1S/C25H28F4N4O7/c1-39-18-4-2-3-14(19(18)26)31-22(37)23(38)33-12-24(6-7-24)10-16(33)21(36)32-15(9-13-5-8-30-20(13)35)17(34)11-40-25(27,28)29/h2-4,13,15-16H,5-12H2,1H3,(H,30,35)(H,31,37)(H,32,36)/t13-,15-,16-/m0/s1. The summed E-state index contributed by atoms with van der Waals surface area (Å²) >= 11 is 0. The molecule has 1 aromatic rings. The molecule has 3 N–H and O–H groups in total. The van der Waals surface area contributed by atoms with Gasteiger partial charge in [-0.2, -0.15) is 0 Å². The first-order chi connectivity index (χ1) is 18.8. The zero-order chi connectivity index (χ0) is 29.2. The molecule has 2 aliphatic heterocycles. The quantitative estimate of drug-likeness (QED) is 0.299. The lowest BCUT2D eigenvalue weighted by Crippen LogP contribution is -2.53. The molecule has 1 spiro atoms. The number of hydrogen-bond donors (Lipinski definition) is 3. The Kier molecular flexibility index (Phi) is 8.33. The fourth-order valence-corrected chi connectivity index (χ4v) is 5.06. The summed E-state index contributed by atoms with van der Waals surface area (Å²) < 4.78 is 60.6. The maximum absolute atomic E-state index is 14.5. The number of Topliss-reactive ketones (excluding diaryl/α,β-unsaturated/α-hetero) is 1. The molecule has 40 heavy (non-hydrogen) atoms. The molecule has 1 saturated carbocycles.